The highest BCUT2D eigenvalue weighted by molar-refractivity contribution is 5.68. The number of methoxy groups -OCH3 is 1. The van der Waals surface area contributed by atoms with Crippen LogP contribution in [0.2, 0.25) is 0 Å². The molecular weight excluding hydrogens is 398 g/mol. The quantitative estimate of drug-likeness (QED) is 0.478. The fraction of sp³-hybridized carbons (Fsp3) is 0.381. The largest absolute Gasteiger partial charge is 0.497 e. The number of anilines is 1. The zero-order valence-corrected chi connectivity index (χ0v) is 17.2. The summed E-state index contributed by atoms with van der Waals surface area (Å²) in [7, 11) is 3.46. The summed E-state index contributed by atoms with van der Waals surface area (Å²) in [6.07, 6.45) is 3.05. The maximum Gasteiger partial charge on any atom is 0.280 e. The third kappa shape index (κ3) is 2.89. The van der Waals surface area contributed by atoms with Crippen molar-refractivity contribution in [1.29, 1.82) is 0 Å². The van der Waals surface area contributed by atoms with Crippen molar-refractivity contribution in [3.05, 3.63) is 59.0 Å². The lowest BCUT2D eigenvalue weighted by Gasteiger charge is -2.21. The Morgan fingerprint density at radius 3 is 2.81 bits per heavy atom. The summed E-state index contributed by atoms with van der Waals surface area (Å²) < 4.78 is 13.9. The Bertz CT molecular complexity index is 1330. The maximum absolute atomic E-state index is 12.7. The molecule has 31 heavy (non-hydrogen) atoms. The van der Waals surface area contributed by atoms with Crippen LogP contribution in [0.25, 0.3) is 11.2 Å². The zero-order chi connectivity index (χ0) is 21.1. The second-order valence-corrected chi connectivity index (χ2v) is 8.21. The number of aromatic nitrogens is 6. The van der Waals surface area contributed by atoms with Crippen molar-refractivity contribution in [3.63, 3.8) is 0 Å². The van der Waals surface area contributed by atoms with Gasteiger partial charge in [-0.05, 0) is 24.0 Å². The Hall–Kier alpha value is -3.69. The number of nitrogens with zero attached hydrogens (tertiary/aromatic N) is 7. The smallest absolute Gasteiger partial charge is 0.280 e. The normalized spacial score (nSPS) is 22.1. The molecule has 0 bridgehead atoms. The Morgan fingerprint density at radius 2 is 2.00 bits per heavy atom. The molecule has 0 unspecified atom stereocenters. The third-order valence-corrected chi connectivity index (χ3v) is 6.40. The van der Waals surface area contributed by atoms with Gasteiger partial charge in [0.1, 0.15) is 18.6 Å². The van der Waals surface area contributed by atoms with Crippen molar-refractivity contribution in [2.24, 2.45) is 18.9 Å². The van der Waals surface area contributed by atoms with E-state index in [4.69, 9.17) is 9.26 Å². The molecule has 0 spiro atoms. The highest BCUT2D eigenvalue weighted by Crippen LogP contribution is 2.58. The molecule has 4 aromatic rings. The van der Waals surface area contributed by atoms with E-state index in [9.17, 15) is 4.79 Å². The van der Waals surface area contributed by atoms with Crippen LogP contribution >= 0.6 is 0 Å². The Kier molecular flexibility index (Phi) is 3.89. The lowest BCUT2D eigenvalue weighted by atomic mass is 10.2. The molecule has 2 aliphatic rings. The summed E-state index contributed by atoms with van der Waals surface area (Å²) in [6.45, 7) is 2.12. The highest BCUT2D eigenvalue weighted by Gasteiger charge is 2.58. The molecule has 0 N–H and O–H groups in total. The molecule has 1 aliphatic carbocycles. The summed E-state index contributed by atoms with van der Waals surface area (Å²) in [5.74, 6) is 3.37. The van der Waals surface area contributed by atoms with Gasteiger partial charge in [-0.15, -0.1) is 0 Å². The van der Waals surface area contributed by atoms with E-state index in [0.717, 1.165) is 24.7 Å². The van der Waals surface area contributed by atoms with Gasteiger partial charge in [0.05, 0.1) is 13.4 Å². The lowest BCUT2D eigenvalue weighted by Crippen LogP contribution is -2.23. The fourth-order valence-electron chi connectivity index (χ4n) is 4.73. The molecule has 158 valence electrons. The molecule has 1 aromatic carbocycles. The van der Waals surface area contributed by atoms with Gasteiger partial charge in [-0.2, -0.15) is 4.98 Å². The van der Waals surface area contributed by atoms with Gasteiger partial charge in [0.15, 0.2) is 17.0 Å². The van der Waals surface area contributed by atoms with E-state index in [1.165, 1.54) is 16.6 Å². The molecule has 1 aliphatic heterocycles. The maximum atomic E-state index is 12.7. The van der Waals surface area contributed by atoms with Crippen LogP contribution in [0.15, 0.2) is 46.2 Å². The molecule has 3 atom stereocenters. The first-order valence-corrected chi connectivity index (χ1v) is 10.2. The number of imidazole rings is 1. The fourth-order valence-corrected chi connectivity index (χ4v) is 4.73. The molecule has 3 aromatic heterocycles. The molecular formula is C21H21N7O3. The Labute approximate surface area is 177 Å². The average Bonchev–Trinajstić information content (AvgIpc) is 3.21. The van der Waals surface area contributed by atoms with E-state index in [2.05, 4.69) is 37.1 Å². The van der Waals surface area contributed by atoms with Crippen LogP contribution in [0.5, 0.6) is 5.75 Å². The molecule has 4 heterocycles. The van der Waals surface area contributed by atoms with E-state index in [0.29, 0.717) is 34.8 Å². The highest BCUT2D eigenvalue weighted by atomic mass is 16.5. The van der Waals surface area contributed by atoms with Crippen LogP contribution in [0.1, 0.15) is 17.6 Å². The van der Waals surface area contributed by atoms with Gasteiger partial charge in [-0.1, -0.05) is 11.2 Å². The van der Waals surface area contributed by atoms with Gasteiger partial charge < -0.3 is 18.7 Å². The predicted octanol–water partition coefficient (Wildman–Crippen LogP) is 1.42. The average molecular weight is 419 g/mol. The zero-order valence-electron chi connectivity index (χ0n) is 17.2. The van der Waals surface area contributed by atoms with Crippen LogP contribution in [-0.2, 0) is 13.6 Å². The number of piperidine rings is 1. The summed E-state index contributed by atoms with van der Waals surface area (Å²) in [4.78, 5) is 28.0. The van der Waals surface area contributed by atoms with Crippen LogP contribution in [0, 0.1) is 11.8 Å². The molecule has 1 saturated carbocycles. The second-order valence-electron chi connectivity index (χ2n) is 8.21. The minimum Gasteiger partial charge on any atom is -0.497 e. The van der Waals surface area contributed by atoms with E-state index in [-0.39, 0.29) is 12.1 Å². The number of hydrogen-bond donors (Lipinski definition) is 0. The number of fused-ring (bicyclic) bond motifs is 2. The van der Waals surface area contributed by atoms with E-state index in [1.54, 1.807) is 25.1 Å². The molecule has 1 saturated heterocycles. The van der Waals surface area contributed by atoms with Crippen molar-refractivity contribution in [1.82, 2.24) is 29.2 Å². The Morgan fingerprint density at radius 1 is 1.19 bits per heavy atom. The SMILES string of the molecule is COc1cccc(N2C[C@@H]3[C@H](C2)[C@H]3c2noc(Cn3cnc4ncn(C)c4c3=O)n2)c1. The summed E-state index contributed by atoms with van der Waals surface area (Å²) in [5, 5.41) is 4.20. The topological polar surface area (TPSA) is 104 Å². The molecule has 0 amide bonds. The van der Waals surface area contributed by atoms with Gasteiger partial charge in [-0.3, -0.25) is 9.36 Å². The number of rotatable bonds is 5. The van der Waals surface area contributed by atoms with Gasteiger partial charge in [0.2, 0.25) is 5.89 Å². The number of ether oxygens (including phenoxy) is 1. The van der Waals surface area contributed by atoms with Crippen molar-refractivity contribution < 1.29 is 9.26 Å². The van der Waals surface area contributed by atoms with Crippen molar-refractivity contribution >= 4 is 16.9 Å². The van der Waals surface area contributed by atoms with E-state index in [1.807, 2.05) is 12.1 Å². The van der Waals surface area contributed by atoms with Crippen LogP contribution in [-0.4, -0.2) is 49.4 Å². The molecule has 6 rings (SSSR count). The van der Waals surface area contributed by atoms with E-state index >= 15 is 0 Å². The van der Waals surface area contributed by atoms with Crippen molar-refractivity contribution in [2.45, 2.75) is 12.5 Å². The van der Waals surface area contributed by atoms with Crippen LogP contribution in [0.3, 0.4) is 0 Å². The predicted molar refractivity (Wildman–Crippen MR) is 111 cm³/mol. The third-order valence-electron chi connectivity index (χ3n) is 6.40. The van der Waals surface area contributed by atoms with Crippen LogP contribution in [0.4, 0.5) is 5.69 Å². The molecule has 10 heteroatoms. The van der Waals surface area contributed by atoms with E-state index < -0.39 is 0 Å². The molecule has 0 radical (unpaired) electrons. The number of hydrogen-bond acceptors (Lipinski definition) is 8. The second kappa shape index (κ2) is 6.66. The minimum atomic E-state index is -0.179. The standard InChI is InChI=1S/C21H21N7O3/c1-26-10-22-20-18(26)21(29)28(11-23-20)9-16-24-19(25-31-16)17-14-7-27(8-15(14)17)12-4-3-5-13(6-12)30-2/h3-6,10-11,14-15,17H,7-9H2,1-2H3/t14-,15+,17+. The van der Waals surface area contributed by atoms with Gasteiger partial charge in [-0.25, -0.2) is 9.97 Å². The first-order valence-electron chi connectivity index (χ1n) is 10.2. The van der Waals surface area contributed by atoms with Crippen molar-refractivity contribution in [3.8, 4) is 5.75 Å². The number of benzene rings is 1. The molecule has 2 fully saturated rings. The van der Waals surface area contributed by atoms with Crippen LogP contribution < -0.4 is 15.2 Å². The summed E-state index contributed by atoms with van der Waals surface area (Å²) in [5.41, 5.74) is 1.89. The molecule has 10 nitrogen and oxygen atoms in total. The monoisotopic (exact) mass is 419 g/mol. The van der Waals surface area contributed by atoms with Gasteiger partial charge in [0, 0.05) is 37.8 Å². The first kappa shape index (κ1) is 18.1. The van der Waals surface area contributed by atoms with Gasteiger partial charge in [0.25, 0.3) is 5.56 Å². The van der Waals surface area contributed by atoms with Crippen molar-refractivity contribution in [2.75, 3.05) is 25.1 Å². The minimum absolute atomic E-state index is 0.179. The lowest BCUT2D eigenvalue weighted by molar-refractivity contribution is 0.363. The van der Waals surface area contributed by atoms with Gasteiger partial charge >= 0.3 is 0 Å². The number of aryl methyl sites for hydroxylation is 1. The summed E-state index contributed by atoms with van der Waals surface area (Å²) in [6, 6.07) is 8.15. The summed E-state index contributed by atoms with van der Waals surface area (Å²) >= 11 is 0. The Balaban J connectivity index is 1.16. The first-order chi connectivity index (χ1) is 15.1.